The van der Waals surface area contributed by atoms with Gasteiger partial charge in [-0.05, 0) is 155 Å². The molecule has 6 aromatic carbocycles. The minimum Gasteiger partial charge on any atom is -0.508 e. The first-order valence-corrected chi connectivity index (χ1v) is 32.8. The molecule has 35 heteroatoms. The van der Waals surface area contributed by atoms with E-state index in [9.17, 15) is 145 Å². The second-order valence-electron chi connectivity index (χ2n) is 25.3. The first-order chi connectivity index (χ1) is 52.2. The van der Waals surface area contributed by atoms with Gasteiger partial charge in [-0.15, -0.1) is 0 Å². The molecule has 0 spiro atoms. The minimum absolute atomic E-state index is 0. The Balaban J connectivity index is -0.000000398. The molecule has 111 heavy (non-hydrogen) atoms. The summed E-state index contributed by atoms with van der Waals surface area (Å²) >= 11 is 0. The van der Waals surface area contributed by atoms with E-state index in [1.807, 2.05) is 0 Å². The lowest BCUT2D eigenvalue weighted by molar-refractivity contribution is -0.207. The second-order valence-corrected chi connectivity index (χ2v) is 25.3. The molecule has 12 atom stereocenters. The molecule has 35 nitrogen and oxygen atoms in total. The molecule has 9 rings (SSSR count). The maximum Gasteiger partial charge on any atom is 0.348 e. The van der Waals surface area contributed by atoms with Crippen LogP contribution < -0.4 is 0 Å². The van der Waals surface area contributed by atoms with E-state index < -0.39 is 193 Å². The Labute approximate surface area is 644 Å². The number of carbonyl (C=O) groups excluding carboxylic acids is 6. The van der Waals surface area contributed by atoms with Gasteiger partial charge in [-0.3, -0.25) is 0 Å². The molecular weight excluding hydrogens is 1470 g/mol. The van der Waals surface area contributed by atoms with Gasteiger partial charge in [-0.25, -0.2) is 43.2 Å². The largest absolute Gasteiger partial charge is 0.508 e. The zero-order valence-electron chi connectivity index (χ0n) is 57.8. The number of aryl methyl sites for hydroxylation is 1. The molecule has 0 bridgehead atoms. The van der Waals surface area contributed by atoms with Crippen molar-refractivity contribution >= 4 is 90.2 Å². The van der Waals surface area contributed by atoms with Crippen LogP contribution in [0.2, 0.25) is 0 Å². The number of hydrogen-bond acceptors (Lipinski definition) is 32. The number of benzene rings is 6. The molecule has 20 N–H and O–H groups in total. The van der Waals surface area contributed by atoms with Gasteiger partial charge in [0.2, 0.25) is 11.2 Å². The van der Waals surface area contributed by atoms with Crippen molar-refractivity contribution in [2.45, 2.75) is 117 Å². The van der Waals surface area contributed by atoms with E-state index in [0.717, 1.165) is 54.7 Å². The zero-order valence-corrected chi connectivity index (χ0v) is 57.8. The third-order valence-corrected chi connectivity index (χ3v) is 17.0. The molecule has 3 aliphatic rings. The Morgan fingerprint density at radius 1 is 0.324 bits per heavy atom. The van der Waals surface area contributed by atoms with E-state index in [4.69, 9.17) is 28.4 Å². The Kier molecular flexibility index (Phi) is 28.2. The summed E-state index contributed by atoms with van der Waals surface area (Å²) in [7, 11) is 0. The Morgan fingerprint density at radius 3 is 0.874 bits per heavy atom. The topological polar surface area (TPSA) is 614 Å². The third kappa shape index (κ3) is 23.3. The van der Waals surface area contributed by atoms with Gasteiger partial charge in [-0.2, -0.15) is 0 Å². The van der Waals surface area contributed by atoms with E-state index >= 15 is 0 Å². The van der Waals surface area contributed by atoms with Gasteiger partial charge < -0.3 is 131 Å². The Hall–Kier alpha value is -13.5. The lowest BCUT2D eigenvalue weighted by atomic mass is 9.79. The number of hydrogen-bond donors (Lipinski definition) is 20. The molecule has 612 valence electrons. The first kappa shape index (κ1) is 84.8. The molecule has 3 fully saturated rings. The van der Waals surface area contributed by atoms with Crippen LogP contribution >= 0.6 is 0 Å². The second kappa shape index (κ2) is 36.9. The normalized spacial score (nSPS) is 23.7. The zero-order chi connectivity index (χ0) is 82.0. The van der Waals surface area contributed by atoms with Crippen molar-refractivity contribution in [1.82, 2.24) is 0 Å². The van der Waals surface area contributed by atoms with Gasteiger partial charge in [0.15, 0.2) is 69.2 Å². The number of rotatable bonds is 21. The number of carboxylic acid groups (broad SMARTS) is 3. The van der Waals surface area contributed by atoms with Crippen molar-refractivity contribution in [2.75, 3.05) is 0 Å². The van der Waals surface area contributed by atoms with Crippen LogP contribution in [-0.2, 0) is 71.6 Å². The van der Waals surface area contributed by atoms with Gasteiger partial charge in [0, 0.05) is 92.1 Å². The molecule has 3 aliphatic carbocycles. The highest BCUT2D eigenvalue weighted by molar-refractivity contribution is 5.93. The van der Waals surface area contributed by atoms with Crippen LogP contribution in [0.15, 0.2) is 146 Å². The van der Waals surface area contributed by atoms with Crippen molar-refractivity contribution in [3.63, 3.8) is 0 Å². The quantitative estimate of drug-likeness (QED) is 0.0155. The highest BCUT2D eigenvalue weighted by Gasteiger charge is 2.56. The molecule has 0 unspecified atom stereocenters. The summed E-state index contributed by atoms with van der Waals surface area (Å²) in [6.07, 6.45) is -5.54. The van der Waals surface area contributed by atoms with Gasteiger partial charge in [0.25, 0.3) is 0 Å². The summed E-state index contributed by atoms with van der Waals surface area (Å²) < 4.78 is 31.0. The maximum absolute atomic E-state index is 12.4. The summed E-state index contributed by atoms with van der Waals surface area (Å²) in [6, 6.07) is 23.3. The molecule has 0 saturated heterocycles. The van der Waals surface area contributed by atoms with Crippen molar-refractivity contribution in [3.05, 3.63) is 185 Å². The number of ether oxygens (including phenoxy) is 6. The number of phenols is 11. The molecule has 0 aromatic heterocycles. The van der Waals surface area contributed by atoms with Crippen LogP contribution in [0.5, 0.6) is 63.2 Å². The molecule has 3 saturated carbocycles. The van der Waals surface area contributed by atoms with Crippen LogP contribution in [-0.4, -0.2) is 228 Å². The summed E-state index contributed by atoms with van der Waals surface area (Å²) in [5, 5.41) is 195. The van der Waals surface area contributed by atoms with Gasteiger partial charge >= 0.3 is 53.7 Å². The number of phenolic OH excluding ortho intramolecular Hbond substituents is 11. The van der Waals surface area contributed by atoms with Crippen LogP contribution in [0.25, 0.3) is 36.5 Å². The van der Waals surface area contributed by atoms with Crippen LogP contribution in [0.4, 0.5) is 0 Å². The van der Waals surface area contributed by atoms with Crippen LogP contribution in [0.3, 0.4) is 0 Å². The van der Waals surface area contributed by atoms with Crippen molar-refractivity contribution in [1.29, 1.82) is 0 Å². The number of carbonyl (C=O) groups is 9. The number of aliphatic carboxylic acids is 3. The van der Waals surface area contributed by atoms with Crippen molar-refractivity contribution < 1.29 is 191 Å². The SMILES string of the molecule is Cc1cc(/C=C/C(=O)O[C@@H]2C[C@](OC(=O)/C=C/c3ccc(O)c(O)c3)(C(=O)O)C[C@@H](O)[C@H]2O)ccc1O.O=C(/C=C/c1ccc(O)c(O)c1)O[C@H]1[C@H](O)C[C@](O)(C(=O)O)C[C@H]1OC(=O)/C=C/c1ccc(O)c(O)c1.O=C(C=Cc1ccc(O)c(O)c1)O[C@@H]1C[C@@](OC(=O)C=Cc2ccc(O)c(O)c2)(C(=O)O)C[C@@H](O)[C@@H]1O.[HH].[HH].[HH].[HH].[HH].[HH].[HH].[HH].[HH].[HH].[HH].[HH]. The van der Waals surface area contributed by atoms with Gasteiger partial charge in [0.05, 0.1) is 18.3 Å². The first-order valence-electron chi connectivity index (χ1n) is 32.8. The van der Waals surface area contributed by atoms with Gasteiger partial charge in [0.1, 0.15) is 36.3 Å². The van der Waals surface area contributed by atoms with E-state index in [1.165, 1.54) is 115 Å². The summed E-state index contributed by atoms with van der Waals surface area (Å²) in [5.41, 5.74) is -4.41. The third-order valence-electron chi connectivity index (χ3n) is 17.0. The molecular formula is C76H98O35. The lowest BCUT2D eigenvalue weighted by Crippen LogP contribution is -2.58. The fraction of sp³-hybridized carbons (Fsp3) is 0.250. The average Bonchev–Trinajstić information content (AvgIpc) is 0.785. The molecule has 0 radical (unpaired) electrons. The molecule has 0 aliphatic heterocycles. The van der Waals surface area contributed by atoms with Crippen molar-refractivity contribution in [2.24, 2.45) is 0 Å². The molecule has 0 amide bonds. The molecule has 6 aromatic rings. The van der Waals surface area contributed by atoms with E-state index in [-0.39, 0.29) is 57.2 Å². The van der Waals surface area contributed by atoms with E-state index in [1.54, 1.807) is 19.1 Å². The van der Waals surface area contributed by atoms with Crippen LogP contribution in [0.1, 0.15) is 94.6 Å². The Morgan fingerprint density at radius 2 is 0.595 bits per heavy atom. The number of carboxylic acids is 3. The standard InChI is InChI=1S/C26H26O11.2C25H24O12.12H2/c1-14-10-15(2-6-17(14)27)4-8-22(31)36-21-13-26(25(34)35,12-20(30)24(21)33)37-23(32)9-5-16-3-7-18(28)19(29)11-16;26-15-5-1-13(9-17(15)28)3-7-21(31)36-20-12-25(35,24(33)34)11-19(30)23(20)37-22(32)8-4-14-2-6-16(27)18(29)10-14;26-15-5-1-13(9-17(15)28)3-7-21(31)36-20-12-25(24(34)35,11-19(30)23(20)33)37-22(32)8-4-14-2-6-16(27)18(29)10-14;;;;;;;;;;;;/h2-11,20-21,24,27-30,33H,12-13H2,1H3,(H,34,35);1-10,19-20,23,26-30,35H,11-12H2,(H,33,34);1-10,19-20,23,26-30,33H,11-12H2,(H,34,35);12*1H/b8-4+,9-5+;7-3+,8-4+;;;;;;;;;;;;;/t20-,21-,24-,26+;2*19-,20-,23+,25-;;;;;;;;;;;;/m111............/s1. The van der Waals surface area contributed by atoms with E-state index in [0.29, 0.717) is 33.4 Å². The number of aliphatic hydroxyl groups is 6. The highest BCUT2D eigenvalue weighted by atomic mass is 16.6. The number of esters is 6. The number of aliphatic hydroxyl groups excluding tert-OH is 5. The lowest BCUT2D eigenvalue weighted by Gasteiger charge is -2.41. The molecule has 0 heterocycles. The fourth-order valence-corrected chi connectivity index (χ4v) is 11.2. The van der Waals surface area contributed by atoms with E-state index in [2.05, 4.69) is 0 Å². The van der Waals surface area contributed by atoms with Crippen molar-refractivity contribution in [3.8, 4) is 63.2 Å². The predicted octanol–water partition coefficient (Wildman–Crippen LogP) is 6.64. The minimum atomic E-state index is -2.46. The summed E-state index contributed by atoms with van der Waals surface area (Å²) in [4.78, 5) is 110. The highest BCUT2D eigenvalue weighted by Crippen LogP contribution is 2.39. The monoisotopic (exact) mass is 1570 g/mol. The summed E-state index contributed by atoms with van der Waals surface area (Å²) in [5.74, 6) is -15.1. The van der Waals surface area contributed by atoms with Crippen LogP contribution in [0, 0.1) is 6.92 Å². The summed E-state index contributed by atoms with van der Waals surface area (Å²) in [6.45, 7) is 1.67. The average molecular weight is 1570 g/mol. The number of aromatic hydroxyl groups is 11. The smallest absolute Gasteiger partial charge is 0.348 e. The maximum atomic E-state index is 12.4. The predicted molar refractivity (Wildman–Crippen MR) is 404 cm³/mol. The fourth-order valence-electron chi connectivity index (χ4n) is 11.2. The Bertz CT molecular complexity index is 4530. The van der Waals surface area contributed by atoms with Gasteiger partial charge in [-0.1, -0.05) is 36.4 Å².